The van der Waals surface area contributed by atoms with E-state index in [1.54, 1.807) is 69.1 Å². The summed E-state index contributed by atoms with van der Waals surface area (Å²) < 4.78 is 17.5. The number of carbonyl (C=O) groups is 1. The molecule has 5 aromatic rings. The molecule has 1 amide bonds. The molecular weight excluding hydrogens is 454 g/mol. The third-order valence-corrected chi connectivity index (χ3v) is 6.38. The van der Waals surface area contributed by atoms with Crippen molar-refractivity contribution in [2.75, 3.05) is 19.1 Å². The fourth-order valence-electron chi connectivity index (χ4n) is 3.63. The first-order valence-corrected chi connectivity index (χ1v) is 11.2. The fourth-order valence-corrected chi connectivity index (χ4v) is 4.70. The van der Waals surface area contributed by atoms with Crippen LogP contribution in [0.25, 0.3) is 21.2 Å². The lowest BCUT2D eigenvalue weighted by Gasteiger charge is -2.19. The average molecular weight is 474 g/mol. The Morgan fingerprint density at radius 3 is 2.62 bits per heavy atom. The van der Waals surface area contributed by atoms with Crippen molar-refractivity contribution < 1.29 is 18.7 Å². The Morgan fingerprint density at radius 2 is 1.85 bits per heavy atom. The number of thiazole rings is 1. The first-order chi connectivity index (χ1) is 16.6. The molecule has 0 aliphatic carbocycles. The number of fused-ring (bicyclic) bond motifs is 2. The molecule has 0 atom stereocenters. The van der Waals surface area contributed by atoms with Gasteiger partial charge in [0.05, 0.1) is 26.2 Å². The van der Waals surface area contributed by atoms with Gasteiger partial charge in [-0.25, -0.2) is 4.98 Å². The maximum absolute atomic E-state index is 13.7. The summed E-state index contributed by atoms with van der Waals surface area (Å²) in [6.07, 6.45) is 3.33. The van der Waals surface area contributed by atoms with E-state index in [9.17, 15) is 9.59 Å². The summed E-state index contributed by atoms with van der Waals surface area (Å²) >= 11 is 1.28. The molecule has 0 bridgehead atoms. The van der Waals surface area contributed by atoms with Gasteiger partial charge in [-0.3, -0.25) is 19.5 Å². The quantitative estimate of drug-likeness (QED) is 0.354. The van der Waals surface area contributed by atoms with Gasteiger partial charge in [-0.1, -0.05) is 29.5 Å². The second-order valence-electron chi connectivity index (χ2n) is 7.37. The van der Waals surface area contributed by atoms with Crippen LogP contribution in [-0.4, -0.2) is 30.1 Å². The molecule has 3 aromatic heterocycles. The highest BCUT2D eigenvalue weighted by atomic mass is 32.1. The minimum Gasteiger partial charge on any atom is -0.495 e. The van der Waals surface area contributed by atoms with Crippen LogP contribution < -0.4 is 19.8 Å². The number of para-hydroxylation sites is 1. The topological polar surface area (TPSA) is 94.8 Å². The van der Waals surface area contributed by atoms with Gasteiger partial charge in [-0.05, 0) is 35.9 Å². The number of rotatable bonds is 6. The Hall–Kier alpha value is -4.24. The molecule has 0 saturated heterocycles. The lowest BCUT2D eigenvalue weighted by atomic mass is 10.2. The highest BCUT2D eigenvalue weighted by Gasteiger charge is 2.26. The number of nitrogens with zero attached hydrogens (tertiary/aromatic N) is 3. The zero-order chi connectivity index (χ0) is 23.7. The van der Waals surface area contributed by atoms with Crippen LogP contribution in [0.5, 0.6) is 11.5 Å². The summed E-state index contributed by atoms with van der Waals surface area (Å²) in [5.74, 6) is 0.601. The molecule has 34 heavy (non-hydrogen) atoms. The highest BCUT2D eigenvalue weighted by molar-refractivity contribution is 7.22. The van der Waals surface area contributed by atoms with E-state index in [1.165, 1.54) is 22.3 Å². The van der Waals surface area contributed by atoms with Crippen LogP contribution in [0, 0.1) is 0 Å². The minimum absolute atomic E-state index is 0.0780. The van der Waals surface area contributed by atoms with E-state index in [-0.39, 0.29) is 17.7 Å². The third kappa shape index (κ3) is 3.86. The van der Waals surface area contributed by atoms with Crippen molar-refractivity contribution in [2.45, 2.75) is 6.54 Å². The number of methoxy groups -OCH3 is 2. The first kappa shape index (κ1) is 21.6. The summed E-state index contributed by atoms with van der Waals surface area (Å²) in [7, 11) is 3.13. The number of hydrogen-bond acceptors (Lipinski definition) is 8. The maximum Gasteiger partial charge on any atom is 0.296 e. The van der Waals surface area contributed by atoms with Crippen molar-refractivity contribution in [2.24, 2.45) is 0 Å². The van der Waals surface area contributed by atoms with Crippen molar-refractivity contribution in [1.29, 1.82) is 0 Å². The van der Waals surface area contributed by atoms with Gasteiger partial charge in [0.25, 0.3) is 5.91 Å². The van der Waals surface area contributed by atoms with Crippen molar-refractivity contribution in [3.8, 4) is 11.5 Å². The van der Waals surface area contributed by atoms with Gasteiger partial charge in [-0.15, -0.1) is 0 Å². The third-order valence-electron chi connectivity index (χ3n) is 5.28. The highest BCUT2D eigenvalue weighted by Crippen LogP contribution is 2.40. The van der Waals surface area contributed by atoms with Gasteiger partial charge in [0, 0.05) is 18.5 Å². The Balaban J connectivity index is 1.66. The monoisotopic (exact) mass is 473 g/mol. The Kier molecular flexibility index (Phi) is 5.69. The van der Waals surface area contributed by atoms with E-state index < -0.39 is 5.91 Å². The van der Waals surface area contributed by atoms with Gasteiger partial charge in [0.15, 0.2) is 16.3 Å². The molecule has 0 aliphatic rings. The van der Waals surface area contributed by atoms with Crippen LogP contribution in [0.3, 0.4) is 0 Å². The average Bonchev–Trinajstić information content (AvgIpc) is 3.32. The summed E-state index contributed by atoms with van der Waals surface area (Å²) in [5, 5.41) is 0.815. The van der Waals surface area contributed by atoms with Crippen LogP contribution in [0.1, 0.15) is 16.1 Å². The molecule has 8 nitrogen and oxygen atoms in total. The molecule has 0 spiro atoms. The van der Waals surface area contributed by atoms with E-state index in [4.69, 9.17) is 18.9 Å². The van der Waals surface area contributed by atoms with Crippen molar-refractivity contribution in [3.05, 3.63) is 88.5 Å². The first-order valence-electron chi connectivity index (χ1n) is 10.3. The minimum atomic E-state index is -0.497. The summed E-state index contributed by atoms with van der Waals surface area (Å²) in [6.45, 7) is 0.174. The molecule has 0 radical (unpaired) electrons. The van der Waals surface area contributed by atoms with Crippen molar-refractivity contribution >= 4 is 43.6 Å². The van der Waals surface area contributed by atoms with Crippen LogP contribution in [0.15, 0.2) is 76.2 Å². The molecular formula is C25H19N3O5S. The van der Waals surface area contributed by atoms with Gasteiger partial charge < -0.3 is 13.9 Å². The van der Waals surface area contributed by atoms with Crippen molar-refractivity contribution in [1.82, 2.24) is 9.97 Å². The largest absolute Gasteiger partial charge is 0.495 e. The molecule has 0 unspecified atom stereocenters. The number of aromatic nitrogens is 2. The molecule has 0 aliphatic heterocycles. The predicted molar refractivity (Wildman–Crippen MR) is 130 cm³/mol. The second kappa shape index (κ2) is 8.95. The van der Waals surface area contributed by atoms with Crippen LogP contribution >= 0.6 is 11.3 Å². The maximum atomic E-state index is 13.7. The fraction of sp³-hybridized carbons (Fsp3) is 0.120. The molecule has 0 saturated carbocycles. The smallest absolute Gasteiger partial charge is 0.296 e. The number of benzene rings is 2. The molecule has 3 heterocycles. The Bertz CT molecular complexity index is 1520. The number of ether oxygens (including phenoxy) is 2. The summed E-state index contributed by atoms with van der Waals surface area (Å²) in [4.78, 5) is 36.7. The predicted octanol–water partition coefficient (Wildman–Crippen LogP) is 4.66. The van der Waals surface area contributed by atoms with Gasteiger partial charge >= 0.3 is 0 Å². The van der Waals surface area contributed by atoms with E-state index in [2.05, 4.69) is 4.98 Å². The van der Waals surface area contributed by atoms with Crippen LogP contribution in [0.2, 0.25) is 0 Å². The lowest BCUT2D eigenvalue weighted by Crippen LogP contribution is -2.31. The number of amides is 1. The normalized spacial score (nSPS) is 11.0. The second-order valence-corrected chi connectivity index (χ2v) is 8.35. The molecule has 0 N–H and O–H groups in total. The number of pyridine rings is 1. The van der Waals surface area contributed by atoms with Gasteiger partial charge in [0.1, 0.15) is 27.3 Å². The number of hydrogen-bond donors (Lipinski definition) is 0. The Labute approximate surface area is 198 Å². The van der Waals surface area contributed by atoms with Crippen LogP contribution in [-0.2, 0) is 6.54 Å². The molecule has 0 fully saturated rings. The van der Waals surface area contributed by atoms with Crippen LogP contribution in [0.4, 0.5) is 5.13 Å². The lowest BCUT2D eigenvalue weighted by molar-refractivity contribution is 0.0959. The molecule has 170 valence electrons. The van der Waals surface area contributed by atoms with Gasteiger partial charge in [0.2, 0.25) is 0 Å². The van der Waals surface area contributed by atoms with Crippen molar-refractivity contribution in [3.63, 3.8) is 0 Å². The molecule has 9 heteroatoms. The summed E-state index contributed by atoms with van der Waals surface area (Å²) in [5.41, 5.74) is 1.41. The SMILES string of the molecule is COc1ccc(OC)c2sc(N(Cc3cccnc3)C(=O)c3cc(=O)c4ccccc4o3)nc12. The zero-order valence-electron chi connectivity index (χ0n) is 18.3. The van der Waals surface area contributed by atoms with E-state index in [1.807, 2.05) is 6.07 Å². The molecule has 5 rings (SSSR count). The zero-order valence-corrected chi connectivity index (χ0v) is 19.2. The molecule has 2 aromatic carbocycles. The number of anilines is 1. The standard InChI is InChI=1S/C25H19N3O5S/c1-31-19-9-10-20(32-2)23-22(19)27-25(34-23)28(14-15-6-5-11-26-13-15)24(30)21-12-17(29)16-7-3-4-8-18(16)33-21/h3-13H,14H2,1-2H3. The van der Waals surface area contributed by atoms with E-state index in [0.717, 1.165) is 10.3 Å². The Morgan fingerprint density at radius 1 is 1.06 bits per heavy atom. The van der Waals surface area contributed by atoms with E-state index >= 15 is 0 Å². The van der Waals surface area contributed by atoms with E-state index in [0.29, 0.717) is 33.1 Å². The summed E-state index contributed by atoms with van der Waals surface area (Å²) in [6, 6.07) is 15.2. The number of carbonyl (C=O) groups excluding carboxylic acids is 1. The van der Waals surface area contributed by atoms with Gasteiger partial charge in [-0.2, -0.15) is 0 Å².